The van der Waals surface area contributed by atoms with Gasteiger partial charge in [-0.2, -0.15) is 13.2 Å². The predicted octanol–water partition coefficient (Wildman–Crippen LogP) is 1.80. The standard InChI is InChI=1S/C8H6F3N/c1-5-3-4-7(8(9,10)11)12-6(5)2/h1-2H3/q+1. The normalized spacial score (nSPS) is 18.2. The number of aliphatic imine (C=N–C) groups is 1. The Kier molecular flexibility index (Phi) is 2.08. The van der Waals surface area contributed by atoms with Crippen LogP contribution >= 0.6 is 0 Å². The average Bonchev–Trinajstić information content (AvgIpc) is 1.92. The summed E-state index contributed by atoms with van der Waals surface area (Å²) in [5.74, 6) is 0. The predicted molar refractivity (Wildman–Crippen MR) is 38.1 cm³/mol. The van der Waals surface area contributed by atoms with E-state index in [-0.39, 0.29) is 0 Å². The van der Waals surface area contributed by atoms with Crippen molar-refractivity contribution in [3.8, 4) is 0 Å². The molecule has 0 atom stereocenters. The van der Waals surface area contributed by atoms with Gasteiger partial charge in [0.15, 0.2) is 0 Å². The number of halogens is 3. The highest BCUT2D eigenvalue weighted by molar-refractivity contribution is 5.96. The van der Waals surface area contributed by atoms with Crippen LogP contribution in [0.25, 0.3) is 0 Å². The Hall–Kier alpha value is -1.06. The Labute approximate surface area is 68.3 Å². The summed E-state index contributed by atoms with van der Waals surface area (Å²) in [5.41, 5.74) is -0.0883. The molecule has 0 spiro atoms. The molecule has 0 aromatic carbocycles. The molecule has 1 aliphatic rings. The van der Waals surface area contributed by atoms with Gasteiger partial charge in [-0.25, -0.2) is 0 Å². The molecule has 0 aromatic heterocycles. The van der Waals surface area contributed by atoms with E-state index in [0.717, 1.165) is 0 Å². The highest BCUT2D eigenvalue weighted by atomic mass is 19.4. The third-order valence-corrected chi connectivity index (χ3v) is 1.46. The number of nitrogens with zero attached hydrogens (tertiary/aromatic N) is 1. The van der Waals surface area contributed by atoms with Crippen LogP contribution in [0.3, 0.4) is 0 Å². The lowest BCUT2D eigenvalue weighted by Crippen LogP contribution is -2.27. The van der Waals surface area contributed by atoms with Crippen LogP contribution in [0.2, 0.25) is 0 Å². The molecule has 0 saturated heterocycles. The van der Waals surface area contributed by atoms with Crippen molar-refractivity contribution in [2.45, 2.75) is 20.0 Å². The maximum absolute atomic E-state index is 12.0. The minimum atomic E-state index is -4.42. The Morgan fingerprint density at radius 3 is 2.17 bits per heavy atom. The minimum absolute atomic E-state index is 0.334. The van der Waals surface area contributed by atoms with Crippen LogP contribution in [0.5, 0.6) is 0 Å². The van der Waals surface area contributed by atoms with Gasteiger partial charge in [-0.15, -0.1) is 0 Å². The number of hydrogen-bond acceptors (Lipinski definition) is 1. The highest BCUT2D eigenvalue weighted by Gasteiger charge is 2.44. The average molecular weight is 173 g/mol. The molecule has 1 aliphatic heterocycles. The number of allylic oxidation sites excluding steroid dienone is 4. The van der Waals surface area contributed by atoms with Crippen molar-refractivity contribution < 1.29 is 13.2 Å². The van der Waals surface area contributed by atoms with Crippen LogP contribution in [-0.2, 0) is 0 Å². The van der Waals surface area contributed by atoms with Crippen LogP contribution in [0.15, 0.2) is 11.3 Å². The summed E-state index contributed by atoms with van der Waals surface area (Å²) in [4.78, 5) is 3.33. The van der Waals surface area contributed by atoms with Crippen LogP contribution in [0.1, 0.15) is 13.8 Å². The summed E-state index contributed by atoms with van der Waals surface area (Å²) in [5, 5.41) is 0. The van der Waals surface area contributed by atoms with Gasteiger partial charge in [-0.3, -0.25) is 0 Å². The van der Waals surface area contributed by atoms with Gasteiger partial charge in [0.25, 0.3) is 5.70 Å². The second-order valence-corrected chi connectivity index (χ2v) is 2.42. The third-order valence-electron chi connectivity index (χ3n) is 1.46. The van der Waals surface area contributed by atoms with Crippen LogP contribution < -0.4 is 4.99 Å². The first-order valence-corrected chi connectivity index (χ1v) is 3.26. The van der Waals surface area contributed by atoms with E-state index < -0.39 is 11.9 Å². The SMILES string of the molecule is CC1=C(C)[N+]=C(C(F)(F)F)[C]=[C]1. The summed E-state index contributed by atoms with van der Waals surface area (Å²) in [6, 6.07) is 0. The van der Waals surface area contributed by atoms with E-state index in [0.29, 0.717) is 11.3 Å². The fourth-order valence-corrected chi connectivity index (χ4v) is 0.657. The van der Waals surface area contributed by atoms with E-state index in [2.05, 4.69) is 11.1 Å². The van der Waals surface area contributed by atoms with E-state index >= 15 is 0 Å². The van der Waals surface area contributed by atoms with Crippen molar-refractivity contribution in [1.82, 2.24) is 4.99 Å². The van der Waals surface area contributed by atoms with Gasteiger partial charge < -0.3 is 0 Å². The summed E-state index contributed by atoms with van der Waals surface area (Å²) < 4.78 is 36.0. The lowest BCUT2D eigenvalue weighted by atomic mass is 10.1. The van der Waals surface area contributed by atoms with E-state index in [9.17, 15) is 13.2 Å². The van der Waals surface area contributed by atoms with E-state index in [4.69, 9.17) is 0 Å². The van der Waals surface area contributed by atoms with Gasteiger partial charge in [0.1, 0.15) is 0 Å². The van der Waals surface area contributed by atoms with Crippen molar-refractivity contribution in [1.29, 1.82) is 0 Å². The molecule has 0 amide bonds. The summed E-state index contributed by atoms with van der Waals surface area (Å²) in [7, 11) is 0. The first kappa shape index (κ1) is 9.03. The molecule has 0 aliphatic carbocycles. The summed E-state index contributed by atoms with van der Waals surface area (Å²) in [6.07, 6.45) is -0.0981. The van der Waals surface area contributed by atoms with Crippen molar-refractivity contribution in [3.05, 3.63) is 23.4 Å². The van der Waals surface area contributed by atoms with Gasteiger partial charge in [0, 0.05) is 18.6 Å². The zero-order valence-corrected chi connectivity index (χ0v) is 6.58. The van der Waals surface area contributed by atoms with Crippen molar-refractivity contribution in [2.24, 2.45) is 0 Å². The van der Waals surface area contributed by atoms with Crippen molar-refractivity contribution >= 4 is 5.71 Å². The molecule has 1 heterocycles. The largest absolute Gasteiger partial charge is 0.485 e. The number of alkyl halides is 3. The topological polar surface area (TPSA) is 14.1 Å². The Balaban J connectivity index is 3.02. The van der Waals surface area contributed by atoms with Crippen molar-refractivity contribution in [2.75, 3.05) is 0 Å². The fourth-order valence-electron chi connectivity index (χ4n) is 0.657. The monoisotopic (exact) mass is 173 g/mol. The molecule has 0 saturated carbocycles. The van der Waals surface area contributed by atoms with Gasteiger partial charge >= 0.3 is 11.9 Å². The number of rotatable bonds is 0. The molecule has 0 aromatic rings. The molecular formula is C8H6F3N+. The minimum Gasteiger partial charge on any atom is -0.161 e. The fraction of sp³-hybridized carbons (Fsp3) is 0.375. The quantitative estimate of drug-likeness (QED) is 0.530. The molecule has 3 radical (unpaired) electrons. The highest BCUT2D eigenvalue weighted by Crippen LogP contribution is 2.19. The molecular weight excluding hydrogens is 167 g/mol. The molecule has 1 rings (SSSR count). The Morgan fingerprint density at radius 2 is 1.75 bits per heavy atom. The van der Waals surface area contributed by atoms with Crippen LogP contribution in [0, 0.1) is 12.2 Å². The molecule has 63 valence electrons. The lowest BCUT2D eigenvalue weighted by Gasteiger charge is -1.99. The zero-order valence-electron chi connectivity index (χ0n) is 6.58. The first-order chi connectivity index (χ1) is 5.41. The van der Waals surface area contributed by atoms with Crippen molar-refractivity contribution in [3.63, 3.8) is 0 Å². The van der Waals surface area contributed by atoms with Crippen LogP contribution in [0.4, 0.5) is 13.2 Å². The Bertz CT molecular complexity index is 281. The van der Waals surface area contributed by atoms with Gasteiger partial charge in [-0.05, 0) is 6.92 Å². The molecule has 4 heteroatoms. The maximum Gasteiger partial charge on any atom is 0.485 e. The third kappa shape index (κ3) is 1.75. The van der Waals surface area contributed by atoms with E-state index in [1.54, 1.807) is 6.92 Å². The van der Waals surface area contributed by atoms with E-state index in [1.807, 2.05) is 6.08 Å². The summed E-state index contributed by atoms with van der Waals surface area (Å²) in [6.45, 7) is 3.15. The van der Waals surface area contributed by atoms with Crippen LogP contribution in [-0.4, -0.2) is 11.9 Å². The number of hydrogen-bond donors (Lipinski definition) is 0. The lowest BCUT2D eigenvalue weighted by molar-refractivity contribution is -0.0587. The van der Waals surface area contributed by atoms with Gasteiger partial charge in [0.2, 0.25) is 0 Å². The van der Waals surface area contributed by atoms with E-state index in [1.165, 1.54) is 6.92 Å². The summed E-state index contributed by atoms with van der Waals surface area (Å²) >= 11 is 0. The molecule has 0 N–H and O–H groups in total. The smallest absolute Gasteiger partial charge is 0.161 e. The van der Waals surface area contributed by atoms with Gasteiger partial charge in [0.05, 0.1) is 11.1 Å². The molecule has 0 unspecified atom stereocenters. The molecule has 0 bridgehead atoms. The molecule has 12 heavy (non-hydrogen) atoms. The molecule has 1 nitrogen and oxygen atoms in total. The first-order valence-electron chi connectivity index (χ1n) is 3.26. The second kappa shape index (κ2) is 2.77. The zero-order chi connectivity index (χ0) is 9.35. The Morgan fingerprint density at radius 1 is 1.17 bits per heavy atom. The molecule has 0 fully saturated rings. The second-order valence-electron chi connectivity index (χ2n) is 2.42. The maximum atomic E-state index is 12.0. The van der Waals surface area contributed by atoms with Gasteiger partial charge in [-0.1, -0.05) is 0 Å².